The van der Waals surface area contributed by atoms with E-state index >= 15 is 0 Å². The fraction of sp³-hybridized carbons (Fsp3) is 0.562. The van der Waals surface area contributed by atoms with Crippen molar-refractivity contribution in [2.45, 2.75) is 51.9 Å². The Labute approximate surface area is 149 Å². The van der Waals surface area contributed by atoms with E-state index in [9.17, 15) is 19.5 Å². The topological polar surface area (TPSA) is 128 Å². The Bertz CT molecular complexity index is 693. The minimum Gasteiger partial charge on any atom is -0.545 e. The van der Waals surface area contributed by atoms with Gasteiger partial charge in [0.25, 0.3) is 0 Å². The van der Waals surface area contributed by atoms with Crippen LogP contribution in [0, 0.1) is 0 Å². The molecule has 0 unspecified atom stereocenters. The highest BCUT2D eigenvalue weighted by Crippen LogP contribution is 2.40. The van der Waals surface area contributed by atoms with Gasteiger partial charge in [-0.05, 0) is 25.8 Å². The zero-order valence-corrected chi connectivity index (χ0v) is 15.1. The predicted molar refractivity (Wildman–Crippen MR) is 89.2 cm³/mol. The van der Waals surface area contributed by atoms with Crippen LogP contribution < -0.4 is 15.7 Å². The number of ether oxygens (including phenoxy) is 1. The largest absolute Gasteiger partial charge is 0.545 e. The number of aromatic carboxylic acids is 1. The van der Waals surface area contributed by atoms with Gasteiger partial charge in [0.2, 0.25) is 0 Å². The maximum Gasteiger partial charge on any atom is 0.314 e. The van der Waals surface area contributed by atoms with Crippen molar-refractivity contribution in [1.29, 1.82) is 0 Å². The molecule has 1 aliphatic rings. The molecule has 0 spiro atoms. The predicted octanol–water partition coefficient (Wildman–Crippen LogP) is -0.212. The first kappa shape index (κ1) is 19.4. The van der Waals surface area contributed by atoms with Crippen molar-refractivity contribution in [1.82, 2.24) is 5.32 Å². The first-order valence-electron chi connectivity index (χ1n) is 7.91. The fourth-order valence-corrected chi connectivity index (χ4v) is 3.66. The summed E-state index contributed by atoms with van der Waals surface area (Å²) in [5.74, 6) is -3.34. The van der Waals surface area contributed by atoms with Crippen LogP contribution in [0.2, 0.25) is 0 Å². The fourth-order valence-electron chi connectivity index (χ4n) is 2.55. The molecule has 0 fully saturated rings. The van der Waals surface area contributed by atoms with E-state index < -0.39 is 29.4 Å². The molecule has 0 radical (unpaired) electrons. The van der Waals surface area contributed by atoms with Crippen molar-refractivity contribution >= 4 is 34.1 Å². The first-order valence-corrected chi connectivity index (χ1v) is 8.72. The van der Waals surface area contributed by atoms with Gasteiger partial charge in [-0.3, -0.25) is 9.59 Å². The third-order valence-corrected chi connectivity index (χ3v) is 5.09. The molecule has 2 rings (SSSR count). The van der Waals surface area contributed by atoms with Crippen molar-refractivity contribution in [2.24, 2.45) is 0 Å². The Morgan fingerprint density at radius 1 is 1.36 bits per heavy atom. The molecule has 8 nitrogen and oxygen atoms in total. The number of carbonyl (C=O) groups is 3. The van der Waals surface area contributed by atoms with Crippen LogP contribution in [0.15, 0.2) is 0 Å². The van der Waals surface area contributed by atoms with E-state index in [1.54, 1.807) is 6.92 Å². The van der Waals surface area contributed by atoms with Gasteiger partial charge in [0.15, 0.2) is 0 Å². The number of carboxylic acid groups (broad SMARTS) is 1. The molecule has 0 aromatic carbocycles. The Kier molecular flexibility index (Phi) is 5.81. The van der Waals surface area contributed by atoms with Crippen molar-refractivity contribution in [2.75, 3.05) is 11.9 Å². The second-order valence-corrected chi connectivity index (χ2v) is 7.54. The summed E-state index contributed by atoms with van der Waals surface area (Å²) < 4.78 is 5.65. The van der Waals surface area contributed by atoms with Crippen LogP contribution in [0.1, 0.15) is 48.0 Å². The molecule has 1 aliphatic heterocycles. The van der Waals surface area contributed by atoms with Crippen molar-refractivity contribution in [3.8, 4) is 0 Å². The highest BCUT2D eigenvalue weighted by Gasteiger charge is 2.32. The van der Waals surface area contributed by atoms with Gasteiger partial charge >= 0.3 is 11.8 Å². The standard InChI is InChI=1S/C16H22N2O6S/c1-4-8(6-19)17-12(20)13(21)18-14-11(15(22)23)9-5-16(2,3)24-7-10(9)25-14/h8,19H,4-7H2,1-3H3,(H,17,20)(H,18,21)(H,22,23)/p-1/t8-/m1/s1. The highest BCUT2D eigenvalue weighted by atomic mass is 32.1. The summed E-state index contributed by atoms with van der Waals surface area (Å²) in [6.45, 7) is 5.38. The number of thiophene rings is 1. The third kappa shape index (κ3) is 4.36. The summed E-state index contributed by atoms with van der Waals surface area (Å²) >= 11 is 1.06. The molecule has 3 N–H and O–H groups in total. The maximum absolute atomic E-state index is 12.1. The van der Waals surface area contributed by atoms with Gasteiger partial charge < -0.3 is 30.4 Å². The van der Waals surface area contributed by atoms with E-state index in [2.05, 4.69) is 10.6 Å². The normalized spacial score (nSPS) is 16.6. The van der Waals surface area contributed by atoms with Gasteiger partial charge in [-0.2, -0.15) is 0 Å². The molecule has 138 valence electrons. The summed E-state index contributed by atoms with van der Waals surface area (Å²) in [5.41, 5.74) is -0.0580. The molecule has 0 aliphatic carbocycles. The van der Waals surface area contributed by atoms with E-state index in [0.717, 1.165) is 11.3 Å². The molecule has 9 heteroatoms. The smallest absolute Gasteiger partial charge is 0.314 e. The first-order chi connectivity index (χ1) is 11.7. The minimum atomic E-state index is -1.41. The number of carboxylic acids is 1. The van der Waals surface area contributed by atoms with Crippen LogP contribution in [0.4, 0.5) is 5.00 Å². The number of fused-ring (bicyclic) bond motifs is 1. The van der Waals surface area contributed by atoms with E-state index in [0.29, 0.717) is 23.3 Å². The van der Waals surface area contributed by atoms with Gasteiger partial charge in [-0.15, -0.1) is 11.3 Å². The van der Waals surface area contributed by atoms with Crippen molar-refractivity contribution < 1.29 is 29.3 Å². The van der Waals surface area contributed by atoms with E-state index in [4.69, 9.17) is 9.84 Å². The molecule has 1 atom stereocenters. The third-order valence-electron chi connectivity index (χ3n) is 3.97. The number of aliphatic hydroxyl groups is 1. The highest BCUT2D eigenvalue weighted by molar-refractivity contribution is 7.17. The summed E-state index contributed by atoms with van der Waals surface area (Å²) in [4.78, 5) is 36.2. The maximum atomic E-state index is 12.1. The number of rotatable bonds is 5. The number of anilines is 1. The average Bonchev–Trinajstić information content (AvgIpc) is 2.88. The van der Waals surface area contributed by atoms with Gasteiger partial charge in [0.05, 0.1) is 30.8 Å². The van der Waals surface area contributed by atoms with Gasteiger partial charge in [-0.25, -0.2) is 0 Å². The van der Waals surface area contributed by atoms with Crippen LogP contribution >= 0.6 is 11.3 Å². The molecular formula is C16H21N2O6S-. The molecule has 2 heterocycles. The SMILES string of the molecule is CC[C@H](CO)NC(=O)C(=O)Nc1sc2c(c1C(=O)[O-])CC(C)(C)OC2. The lowest BCUT2D eigenvalue weighted by atomic mass is 9.93. The van der Waals surface area contributed by atoms with Gasteiger partial charge in [0.1, 0.15) is 5.00 Å². The van der Waals surface area contributed by atoms with Crippen molar-refractivity contribution in [3.05, 3.63) is 16.0 Å². The molecule has 1 aromatic rings. The molecule has 0 saturated heterocycles. The van der Waals surface area contributed by atoms with Gasteiger partial charge in [-0.1, -0.05) is 6.92 Å². The van der Waals surface area contributed by atoms with E-state index in [1.807, 2.05) is 13.8 Å². The summed E-state index contributed by atoms with van der Waals surface area (Å²) in [6.07, 6.45) is 0.826. The number of hydrogen-bond acceptors (Lipinski definition) is 7. The van der Waals surface area contributed by atoms with Crippen LogP contribution in [0.5, 0.6) is 0 Å². The Morgan fingerprint density at radius 2 is 2.04 bits per heavy atom. The number of hydrogen-bond donors (Lipinski definition) is 3. The average molecular weight is 369 g/mol. The lowest BCUT2D eigenvalue weighted by Gasteiger charge is -2.30. The van der Waals surface area contributed by atoms with Gasteiger partial charge in [0, 0.05) is 16.9 Å². The number of nitrogens with one attached hydrogen (secondary N) is 2. The molecule has 1 aromatic heterocycles. The van der Waals surface area contributed by atoms with E-state index in [-0.39, 0.29) is 23.8 Å². The molecular weight excluding hydrogens is 348 g/mol. The quantitative estimate of drug-likeness (QED) is 0.616. The van der Waals surface area contributed by atoms with Crippen LogP contribution in [-0.4, -0.2) is 41.1 Å². The zero-order valence-electron chi connectivity index (χ0n) is 14.3. The molecule has 0 saturated carbocycles. The minimum absolute atomic E-state index is 0.0588. The monoisotopic (exact) mass is 369 g/mol. The summed E-state index contributed by atoms with van der Waals surface area (Å²) in [7, 11) is 0. The molecule has 25 heavy (non-hydrogen) atoms. The number of amides is 2. The second-order valence-electron chi connectivity index (χ2n) is 6.44. The van der Waals surface area contributed by atoms with Crippen molar-refractivity contribution in [3.63, 3.8) is 0 Å². The summed E-state index contributed by atoms with van der Waals surface area (Å²) in [6, 6.07) is -0.537. The van der Waals surface area contributed by atoms with Crippen LogP contribution in [0.25, 0.3) is 0 Å². The number of carbonyl (C=O) groups excluding carboxylic acids is 3. The Hall–Kier alpha value is -1.97. The lowest BCUT2D eigenvalue weighted by Crippen LogP contribution is -2.43. The Morgan fingerprint density at radius 3 is 2.60 bits per heavy atom. The molecule has 0 bridgehead atoms. The Balaban J connectivity index is 2.23. The van der Waals surface area contributed by atoms with Crippen LogP contribution in [-0.2, 0) is 27.4 Å². The second kappa shape index (κ2) is 7.51. The summed E-state index contributed by atoms with van der Waals surface area (Å²) in [5, 5.41) is 25.4. The molecule has 2 amide bonds. The number of aliphatic hydroxyl groups excluding tert-OH is 1. The lowest BCUT2D eigenvalue weighted by molar-refractivity contribution is -0.255. The van der Waals surface area contributed by atoms with E-state index in [1.165, 1.54) is 0 Å². The van der Waals surface area contributed by atoms with Crippen LogP contribution in [0.3, 0.4) is 0 Å². The zero-order chi connectivity index (χ0) is 18.8.